The fourth-order valence-corrected chi connectivity index (χ4v) is 1.18. The first-order valence-corrected chi connectivity index (χ1v) is 5.62. The molecule has 1 aromatic heterocycles. The highest BCUT2D eigenvalue weighted by Crippen LogP contribution is 2.14. The molecule has 4 nitrogen and oxygen atoms in total. The summed E-state index contributed by atoms with van der Waals surface area (Å²) < 4.78 is 6.73. The quantitative estimate of drug-likeness (QED) is 0.615. The van der Waals surface area contributed by atoms with Crippen LogP contribution in [0.25, 0.3) is 0 Å². The molecule has 0 saturated carbocycles. The maximum absolute atomic E-state index is 11.5. The van der Waals surface area contributed by atoms with E-state index in [0.717, 1.165) is 0 Å². The number of hydrogen-bond acceptors (Lipinski definition) is 3. The number of aromatic nitrogens is 2. The van der Waals surface area contributed by atoms with Gasteiger partial charge in [-0.05, 0) is 43.6 Å². The summed E-state index contributed by atoms with van der Waals surface area (Å²) in [4.78, 5) is 11.5. The molecule has 1 heterocycles. The van der Waals surface area contributed by atoms with Crippen molar-refractivity contribution in [1.82, 2.24) is 9.78 Å². The predicted molar refractivity (Wildman–Crippen MR) is 61.0 cm³/mol. The average molecular weight is 275 g/mol. The Balaban J connectivity index is 2.81. The molecule has 1 atom stereocenters. The van der Waals surface area contributed by atoms with Gasteiger partial charge in [0.15, 0.2) is 5.01 Å². The molecule has 0 aliphatic carbocycles. The van der Waals surface area contributed by atoms with Crippen LogP contribution in [-0.2, 0) is 10.3 Å². The van der Waals surface area contributed by atoms with Crippen molar-refractivity contribution in [3.8, 4) is 0 Å². The van der Waals surface area contributed by atoms with Gasteiger partial charge in [-0.25, -0.2) is 4.79 Å². The zero-order valence-electron chi connectivity index (χ0n) is 9.32. The van der Waals surface area contributed by atoms with E-state index in [1.807, 2.05) is 20.8 Å². The van der Waals surface area contributed by atoms with Crippen LogP contribution in [0, 0.1) is 0 Å². The Labute approximate surface area is 97.7 Å². The first-order chi connectivity index (χ1) is 6.80. The van der Waals surface area contributed by atoms with Gasteiger partial charge in [-0.3, -0.25) is 4.68 Å². The van der Waals surface area contributed by atoms with Gasteiger partial charge in [-0.2, -0.15) is 5.10 Å². The molecule has 0 amide bonds. The van der Waals surface area contributed by atoms with Gasteiger partial charge in [0.25, 0.3) is 0 Å². The fraction of sp³-hybridized carbons (Fsp3) is 0.600. The summed E-state index contributed by atoms with van der Waals surface area (Å²) in [5.41, 5.74) is 0.342. The molecular weight excluding hydrogens is 260 g/mol. The summed E-state index contributed by atoms with van der Waals surface area (Å²) in [7, 11) is 0. The van der Waals surface area contributed by atoms with E-state index in [0.29, 0.717) is 5.56 Å². The summed E-state index contributed by atoms with van der Waals surface area (Å²) >= 11 is 3.15. The monoisotopic (exact) mass is 274 g/mol. The molecule has 0 aliphatic heterocycles. The van der Waals surface area contributed by atoms with Crippen molar-refractivity contribution >= 4 is 21.9 Å². The van der Waals surface area contributed by atoms with Crippen molar-refractivity contribution in [1.29, 1.82) is 0 Å². The third-order valence-corrected chi connectivity index (χ3v) is 1.96. The minimum atomic E-state index is -0.366. The number of alkyl halides is 1. The topological polar surface area (TPSA) is 44.1 Å². The van der Waals surface area contributed by atoms with Crippen molar-refractivity contribution in [2.75, 3.05) is 0 Å². The Kier molecular flexibility index (Phi) is 3.54. The van der Waals surface area contributed by atoms with E-state index >= 15 is 0 Å². The van der Waals surface area contributed by atoms with E-state index in [2.05, 4.69) is 21.0 Å². The number of ether oxygens (including phenoxy) is 1. The van der Waals surface area contributed by atoms with Gasteiger partial charge in [-0.15, -0.1) is 0 Å². The molecule has 0 aliphatic rings. The Morgan fingerprint density at radius 1 is 1.60 bits per heavy atom. The van der Waals surface area contributed by atoms with E-state index in [-0.39, 0.29) is 16.5 Å². The number of esters is 1. The third kappa shape index (κ3) is 3.34. The lowest BCUT2D eigenvalue weighted by molar-refractivity contribution is 0.0490. The second kappa shape index (κ2) is 4.35. The molecule has 0 spiro atoms. The molecule has 0 aromatic carbocycles. The second-order valence-electron chi connectivity index (χ2n) is 4.29. The number of rotatable bonds is 2. The van der Waals surface area contributed by atoms with Gasteiger partial charge in [0.1, 0.15) is 0 Å². The standard InChI is InChI=1S/C10H15BrN2O2/c1-7(11)15-9(14)8-5-12-13(6-8)10(2,3)4/h5-7H,1-4H3. The molecule has 15 heavy (non-hydrogen) atoms. The summed E-state index contributed by atoms with van der Waals surface area (Å²) in [6.45, 7) is 7.79. The lowest BCUT2D eigenvalue weighted by atomic mass is 10.1. The molecule has 0 N–H and O–H groups in total. The van der Waals surface area contributed by atoms with Gasteiger partial charge in [0.2, 0.25) is 0 Å². The van der Waals surface area contributed by atoms with Crippen LogP contribution >= 0.6 is 15.9 Å². The molecule has 84 valence electrons. The van der Waals surface area contributed by atoms with E-state index in [1.165, 1.54) is 6.20 Å². The normalized spacial score (nSPS) is 13.7. The Morgan fingerprint density at radius 3 is 2.60 bits per heavy atom. The van der Waals surface area contributed by atoms with Crippen LogP contribution in [0.2, 0.25) is 0 Å². The number of carbonyl (C=O) groups is 1. The minimum absolute atomic E-state index is 0.126. The fourth-order valence-electron chi connectivity index (χ4n) is 1.01. The predicted octanol–water partition coefficient (Wildman–Crippen LogP) is 2.54. The highest BCUT2D eigenvalue weighted by molar-refractivity contribution is 9.09. The van der Waals surface area contributed by atoms with Crippen molar-refractivity contribution < 1.29 is 9.53 Å². The maximum atomic E-state index is 11.5. The van der Waals surface area contributed by atoms with Crippen LogP contribution in [0.15, 0.2) is 12.4 Å². The number of carbonyl (C=O) groups excluding carboxylic acids is 1. The SMILES string of the molecule is CC(Br)OC(=O)c1cnn(C(C)(C)C)c1. The molecule has 5 heteroatoms. The number of hydrogen-bond donors (Lipinski definition) is 0. The molecule has 1 rings (SSSR count). The highest BCUT2D eigenvalue weighted by atomic mass is 79.9. The van der Waals surface area contributed by atoms with Crippen molar-refractivity contribution in [3.05, 3.63) is 18.0 Å². The van der Waals surface area contributed by atoms with Gasteiger partial charge < -0.3 is 4.74 Å². The number of halogens is 1. The average Bonchev–Trinajstić information content (AvgIpc) is 2.48. The van der Waals surface area contributed by atoms with Gasteiger partial charge >= 0.3 is 5.97 Å². The molecule has 0 fully saturated rings. The van der Waals surface area contributed by atoms with E-state index in [4.69, 9.17) is 4.74 Å². The van der Waals surface area contributed by atoms with Crippen LogP contribution in [0.1, 0.15) is 38.1 Å². The molecule has 0 radical (unpaired) electrons. The second-order valence-corrected chi connectivity index (χ2v) is 5.58. The van der Waals surface area contributed by atoms with Crippen molar-refractivity contribution in [2.24, 2.45) is 0 Å². The third-order valence-electron chi connectivity index (χ3n) is 1.78. The highest BCUT2D eigenvalue weighted by Gasteiger charge is 2.18. The molecule has 0 bridgehead atoms. The van der Waals surface area contributed by atoms with Crippen LogP contribution in [0.5, 0.6) is 0 Å². The van der Waals surface area contributed by atoms with Gasteiger partial charge in [0, 0.05) is 6.20 Å². The maximum Gasteiger partial charge on any atom is 0.342 e. The summed E-state index contributed by atoms with van der Waals surface area (Å²) in [6, 6.07) is 0. The first-order valence-electron chi connectivity index (χ1n) is 4.71. The van der Waals surface area contributed by atoms with Crippen LogP contribution in [-0.4, -0.2) is 20.8 Å². The summed E-state index contributed by atoms with van der Waals surface area (Å²) in [5, 5.41) is 3.83. The van der Waals surface area contributed by atoms with Crippen molar-refractivity contribution in [2.45, 2.75) is 38.2 Å². The summed E-state index contributed by atoms with van der Waals surface area (Å²) in [5.74, 6) is -0.366. The lowest BCUT2D eigenvalue weighted by Gasteiger charge is -2.18. The lowest BCUT2D eigenvalue weighted by Crippen LogP contribution is -2.22. The number of nitrogens with zero attached hydrogens (tertiary/aromatic N) is 2. The van der Waals surface area contributed by atoms with Gasteiger partial charge in [0.05, 0.1) is 17.3 Å². The zero-order chi connectivity index (χ0) is 11.6. The molecular formula is C10H15BrN2O2. The van der Waals surface area contributed by atoms with Crippen molar-refractivity contribution in [3.63, 3.8) is 0 Å². The molecule has 1 unspecified atom stereocenters. The van der Waals surface area contributed by atoms with Crippen LogP contribution < -0.4 is 0 Å². The van der Waals surface area contributed by atoms with E-state index in [9.17, 15) is 4.79 Å². The van der Waals surface area contributed by atoms with Crippen LogP contribution in [0.3, 0.4) is 0 Å². The first kappa shape index (κ1) is 12.2. The van der Waals surface area contributed by atoms with Gasteiger partial charge in [-0.1, -0.05) is 0 Å². The Morgan fingerprint density at radius 2 is 2.20 bits per heavy atom. The van der Waals surface area contributed by atoms with E-state index < -0.39 is 0 Å². The van der Waals surface area contributed by atoms with E-state index in [1.54, 1.807) is 17.8 Å². The Bertz CT molecular complexity index is 353. The zero-order valence-corrected chi connectivity index (χ0v) is 10.9. The smallest absolute Gasteiger partial charge is 0.342 e. The largest absolute Gasteiger partial charge is 0.447 e. The minimum Gasteiger partial charge on any atom is -0.447 e. The molecule has 1 aromatic rings. The van der Waals surface area contributed by atoms with Crippen LogP contribution in [0.4, 0.5) is 0 Å². The summed E-state index contributed by atoms with van der Waals surface area (Å²) in [6.07, 6.45) is 3.21. The molecule has 0 saturated heterocycles. The Hall–Kier alpha value is -0.840.